The fourth-order valence-corrected chi connectivity index (χ4v) is 3.69. The highest BCUT2D eigenvalue weighted by Gasteiger charge is 2.23. The first-order valence-electron chi connectivity index (χ1n) is 10.6. The minimum atomic E-state index is -0.246. The number of carbonyl (C=O) groups is 2. The Bertz CT molecular complexity index is 843. The minimum Gasteiger partial charge on any atom is -0.387 e. The van der Waals surface area contributed by atoms with E-state index in [9.17, 15) is 9.59 Å². The lowest BCUT2D eigenvalue weighted by molar-refractivity contribution is -0.181. The predicted molar refractivity (Wildman–Crippen MR) is 117 cm³/mol. The zero-order valence-electron chi connectivity index (χ0n) is 17.6. The van der Waals surface area contributed by atoms with Crippen molar-refractivity contribution in [3.8, 4) is 0 Å². The van der Waals surface area contributed by atoms with E-state index in [1.807, 2.05) is 17.9 Å². The van der Waals surface area contributed by atoms with Gasteiger partial charge in [-0.25, -0.2) is 10.1 Å². The number of fused-ring (bicyclic) bond motifs is 1. The number of aliphatic imine (C=N–C) groups is 1. The zero-order chi connectivity index (χ0) is 21.5. The number of carbonyl (C=O) groups excluding carboxylic acids is 2. The van der Waals surface area contributed by atoms with Gasteiger partial charge in [0.25, 0.3) is 11.8 Å². The van der Waals surface area contributed by atoms with Crippen LogP contribution in [0.5, 0.6) is 0 Å². The minimum absolute atomic E-state index is 0.0140. The summed E-state index contributed by atoms with van der Waals surface area (Å²) < 4.78 is 0. The molecule has 0 bridgehead atoms. The Hall–Kier alpha value is -2.71. The van der Waals surface area contributed by atoms with Crippen LogP contribution < -0.4 is 11.5 Å². The molecule has 8 heteroatoms. The summed E-state index contributed by atoms with van der Waals surface area (Å²) in [5, 5.41) is 1.34. The van der Waals surface area contributed by atoms with Crippen molar-refractivity contribution in [1.82, 2.24) is 9.96 Å². The third-order valence-corrected chi connectivity index (χ3v) is 5.18. The molecule has 0 atom stereocenters. The molecule has 0 radical (unpaired) electrons. The molecule has 1 saturated heterocycles. The smallest absolute Gasteiger partial charge is 0.273 e. The van der Waals surface area contributed by atoms with Gasteiger partial charge in [-0.1, -0.05) is 13.0 Å². The van der Waals surface area contributed by atoms with Gasteiger partial charge in [-0.15, -0.1) is 0 Å². The van der Waals surface area contributed by atoms with Gasteiger partial charge in [-0.05, 0) is 43.9 Å². The topological polar surface area (TPSA) is 114 Å². The molecular weight excluding hydrogens is 382 g/mol. The number of benzene rings is 1. The molecule has 30 heavy (non-hydrogen) atoms. The molecule has 0 unspecified atom stereocenters. The Morgan fingerprint density at radius 1 is 1.23 bits per heavy atom. The van der Waals surface area contributed by atoms with Crippen molar-refractivity contribution >= 4 is 29.4 Å². The summed E-state index contributed by atoms with van der Waals surface area (Å²) in [5.74, 6) is 0.0936. The van der Waals surface area contributed by atoms with E-state index in [1.165, 1.54) is 11.5 Å². The van der Waals surface area contributed by atoms with E-state index < -0.39 is 0 Å². The van der Waals surface area contributed by atoms with Gasteiger partial charge in [0, 0.05) is 49.3 Å². The number of hydrogen-bond acceptors (Lipinski definition) is 6. The molecule has 162 valence electrons. The average molecular weight is 414 g/mol. The number of amides is 2. The molecule has 8 nitrogen and oxygen atoms in total. The van der Waals surface area contributed by atoms with Crippen LogP contribution in [-0.2, 0) is 9.63 Å². The van der Waals surface area contributed by atoms with E-state index in [2.05, 4.69) is 4.99 Å². The molecule has 1 aromatic carbocycles. The third-order valence-electron chi connectivity index (χ3n) is 5.18. The van der Waals surface area contributed by atoms with Crippen LogP contribution in [0.1, 0.15) is 54.9 Å². The first-order chi connectivity index (χ1) is 14.5. The van der Waals surface area contributed by atoms with Crippen molar-refractivity contribution in [2.45, 2.75) is 39.0 Å². The van der Waals surface area contributed by atoms with E-state index in [-0.39, 0.29) is 24.8 Å². The van der Waals surface area contributed by atoms with E-state index in [0.29, 0.717) is 35.7 Å². The highest BCUT2D eigenvalue weighted by molar-refractivity contribution is 6.05. The van der Waals surface area contributed by atoms with Crippen molar-refractivity contribution in [2.75, 3.05) is 32.8 Å². The molecule has 0 spiro atoms. The molecular formula is C22H31N5O3. The Balaban J connectivity index is 1.86. The predicted octanol–water partition coefficient (Wildman–Crippen LogP) is 2.22. The van der Waals surface area contributed by atoms with Crippen LogP contribution >= 0.6 is 0 Å². The summed E-state index contributed by atoms with van der Waals surface area (Å²) in [6.07, 6.45) is 6.00. The molecule has 2 amide bonds. The lowest BCUT2D eigenvalue weighted by Crippen LogP contribution is -2.35. The van der Waals surface area contributed by atoms with Crippen molar-refractivity contribution in [1.29, 1.82) is 0 Å². The SMILES string of the molecule is CCCN(OCCN)C(=O)C1=Cc2ccc(C(=O)N3CCCCC3)cc2N=C(N)C1. The number of likely N-dealkylation sites (tertiary alicyclic amines) is 1. The highest BCUT2D eigenvalue weighted by Crippen LogP contribution is 2.29. The maximum atomic E-state index is 13.0. The fraction of sp³-hybridized carbons (Fsp3) is 0.500. The van der Waals surface area contributed by atoms with Gasteiger partial charge >= 0.3 is 0 Å². The second-order valence-electron chi connectivity index (χ2n) is 7.61. The fourth-order valence-electron chi connectivity index (χ4n) is 3.69. The standard InChI is InChI=1S/C22H31N5O3/c1-2-9-27(30-12-8-23)22(29)18-13-16-6-7-17(14-19(16)25-20(24)15-18)21(28)26-10-4-3-5-11-26/h6-7,13-14H,2-5,8-12,15,23H2,1H3,(H2,24,25). The van der Waals surface area contributed by atoms with E-state index >= 15 is 0 Å². The van der Waals surface area contributed by atoms with Gasteiger partial charge in [0.2, 0.25) is 0 Å². The molecule has 0 aromatic heterocycles. The van der Waals surface area contributed by atoms with Crippen molar-refractivity contribution in [3.05, 3.63) is 34.9 Å². The van der Waals surface area contributed by atoms with Crippen LogP contribution in [0, 0.1) is 0 Å². The maximum absolute atomic E-state index is 13.0. The van der Waals surface area contributed by atoms with Gasteiger partial charge in [0.15, 0.2) is 0 Å². The van der Waals surface area contributed by atoms with Crippen LogP contribution in [0.4, 0.5) is 5.69 Å². The largest absolute Gasteiger partial charge is 0.387 e. The maximum Gasteiger partial charge on any atom is 0.273 e. The average Bonchev–Trinajstić information content (AvgIpc) is 2.93. The number of nitrogens with two attached hydrogens (primary N) is 2. The molecule has 2 heterocycles. The lowest BCUT2D eigenvalue weighted by Gasteiger charge is -2.26. The summed E-state index contributed by atoms with van der Waals surface area (Å²) in [7, 11) is 0. The summed E-state index contributed by atoms with van der Waals surface area (Å²) in [6.45, 7) is 4.60. The number of amidine groups is 1. The number of hydrogen-bond donors (Lipinski definition) is 2. The summed E-state index contributed by atoms with van der Waals surface area (Å²) in [4.78, 5) is 37.7. The quantitative estimate of drug-likeness (QED) is 0.665. The van der Waals surface area contributed by atoms with Crippen LogP contribution in [0.25, 0.3) is 6.08 Å². The van der Waals surface area contributed by atoms with E-state index in [0.717, 1.165) is 37.9 Å². The van der Waals surface area contributed by atoms with Crippen LogP contribution in [0.3, 0.4) is 0 Å². The molecule has 3 rings (SSSR count). The van der Waals surface area contributed by atoms with Crippen LogP contribution in [-0.4, -0.2) is 60.4 Å². The van der Waals surface area contributed by atoms with Gasteiger partial charge in [-0.3, -0.25) is 14.4 Å². The normalized spacial score (nSPS) is 16.3. The van der Waals surface area contributed by atoms with Gasteiger partial charge in [0.05, 0.1) is 12.3 Å². The molecule has 1 aromatic rings. The van der Waals surface area contributed by atoms with Gasteiger partial charge in [0.1, 0.15) is 5.84 Å². The Labute approximate surface area is 177 Å². The molecule has 4 N–H and O–H groups in total. The van der Waals surface area contributed by atoms with Crippen LogP contribution in [0.15, 0.2) is 28.8 Å². The van der Waals surface area contributed by atoms with Crippen molar-refractivity contribution < 1.29 is 14.4 Å². The van der Waals surface area contributed by atoms with E-state index in [4.69, 9.17) is 16.3 Å². The Kier molecular flexibility index (Phi) is 7.59. The number of nitrogens with zero attached hydrogens (tertiary/aromatic N) is 3. The number of rotatable bonds is 7. The first-order valence-corrected chi connectivity index (χ1v) is 10.6. The Morgan fingerprint density at radius 2 is 2.00 bits per heavy atom. The third kappa shape index (κ3) is 5.25. The number of hydroxylamine groups is 2. The molecule has 0 saturated carbocycles. The molecule has 2 aliphatic heterocycles. The lowest BCUT2D eigenvalue weighted by atomic mass is 10.0. The monoisotopic (exact) mass is 413 g/mol. The molecule has 0 aliphatic carbocycles. The highest BCUT2D eigenvalue weighted by atomic mass is 16.7. The second-order valence-corrected chi connectivity index (χ2v) is 7.61. The Morgan fingerprint density at radius 3 is 2.70 bits per heavy atom. The van der Waals surface area contributed by atoms with Crippen LogP contribution in [0.2, 0.25) is 0 Å². The molecule has 1 fully saturated rings. The summed E-state index contributed by atoms with van der Waals surface area (Å²) in [6, 6.07) is 5.38. The van der Waals surface area contributed by atoms with Gasteiger partial charge in [-0.2, -0.15) is 0 Å². The van der Waals surface area contributed by atoms with Crippen molar-refractivity contribution in [3.63, 3.8) is 0 Å². The van der Waals surface area contributed by atoms with Crippen molar-refractivity contribution in [2.24, 2.45) is 16.5 Å². The number of piperidine rings is 1. The zero-order valence-corrected chi connectivity index (χ0v) is 17.6. The van der Waals surface area contributed by atoms with Gasteiger partial charge < -0.3 is 16.4 Å². The summed E-state index contributed by atoms with van der Waals surface area (Å²) in [5.41, 5.74) is 14.1. The second kappa shape index (κ2) is 10.4. The first kappa shape index (κ1) is 22.0. The van der Waals surface area contributed by atoms with E-state index in [1.54, 1.807) is 18.2 Å². The summed E-state index contributed by atoms with van der Waals surface area (Å²) >= 11 is 0. The molecule has 2 aliphatic rings.